The predicted molar refractivity (Wildman–Crippen MR) is 117 cm³/mol. The van der Waals surface area contributed by atoms with E-state index >= 15 is 0 Å². The lowest BCUT2D eigenvalue weighted by atomic mass is 9.75. The van der Waals surface area contributed by atoms with E-state index in [1.165, 1.54) is 0 Å². The summed E-state index contributed by atoms with van der Waals surface area (Å²) in [4.78, 5) is 0. The van der Waals surface area contributed by atoms with E-state index in [2.05, 4.69) is 0 Å². The van der Waals surface area contributed by atoms with E-state index in [1.807, 2.05) is 12.1 Å². The van der Waals surface area contributed by atoms with Gasteiger partial charge in [-0.05, 0) is 73.5 Å². The molecule has 2 aliphatic rings. The van der Waals surface area contributed by atoms with Crippen LogP contribution in [0.1, 0.15) is 51.0 Å². The maximum absolute atomic E-state index is 14.7. The molecule has 0 spiro atoms. The minimum absolute atomic E-state index is 0.0637. The van der Waals surface area contributed by atoms with Crippen molar-refractivity contribution in [2.45, 2.75) is 51.9 Å². The zero-order valence-electron chi connectivity index (χ0n) is 17.8. The van der Waals surface area contributed by atoms with Crippen LogP contribution >= 0.6 is 0 Å². The number of benzene rings is 2. The molecule has 2 aromatic carbocycles. The van der Waals surface area contributed by atoms with E-state index in [4.69, 9.17) is 0 Å². The van der Waals surface area contributed by atoms with E-state index in [0.717, 1.165) is 32.1 Å². The first-order valence-corrected chi connectivity index (χ1v) is 11.2. The molecule has 4 rings (SSSR count). The van der Waals surface area contributed by atoms with E-state index in [-0.39, 0.29) is 17.4 Å². The molecule has 0 radical (unpaired) electrons. The van der Waals surface area contributed by atoms with Crippen LogP contribution in [0, 0.1) is 29.4 Å². The second-order valence-corrected chi connectivity index (χ2v) is 8.98. The van der Waals surface area contributed by atoms with Gasteiger partial charge in [0.05, 0.1) is 0 Å². The molecule has 0 heterocycles. The lowest BCUT2D eigenvalue weighted by molar-refractivity contribution is 0.280. The largest absolute Gasteiger partial charge is 0.208 e. The highest BCUT2D eigenvalue weighted by molar-refractivity contribution is 5.64. The van der Waals surface area contributed by atoms with Gasteiger partial charge in [-0.3, -0.25) is 0 Å². The fourth-order valence-corrected chi connectivity index (χ4v) is 4.94. The SMILES string of the molecule is CC1CC=C(C2CCC(CCc3ccc(-c4ccccc4)c(F)c3F)CC2)C(F)=C1F. The van der Waals surface area contributed by atoms with Crippen LogP contribution in [0.5, 0.6) is 0 Å². The van der Waals surface area contributed by atoms with Gasteiger partial charge in [0.1, 0.15) is 5.83 Å². The second kappa shape index (κ2) is 9.42. The van der Waals surface area contributed by atoms with Gasteiger partial charge in [0, 0.05) is 11.5 Å². The van der Waals surface area contributed by atoms with E-state index in [1.54, 1.807) is 43.3 Å². The van der Waals surface area contributed by atoms with Gasteiger partial charge in [-0.2, -0.15) is 0 Å². The van der Waals surface area contributed by atoms with Gasteiger partial charge in [0.25, 0.3) is 0 Å². The molecule has 31 heavy (non-hydrogen) atoms. The minimum Gasteiger partial charge on any atom is -0.208 e. The molecule has 0 saturated heterocycles. The molecule has 2 aromatic rings. The van der Waals surface area contributed by atoms with Crippen molar-refractivity contribution >= 4 is 0 Å². The molecular formula is C27H28F4. The van der Waals surface area contributed by atoms with Crippen LogP contribution in [-0.2, 0) is 6.42 Å². The van der Waals surface area contributed by atoms with Crippen LogP contribution in [0.4, 0.5) is 17.6 Å². The summed E-state index contributed by atoms with van der Waals surface area (Å²) >= 11 is 0. The van der Waals surface area contributed by atoms with Crippen molar-refractivity contribution in [3.63, 3.8) is 0 Å². The Bertz CT molecular complexity index is 982. The van der Waals surface area contributed by atoms with Crippen molar-refractivity contribution in [1.29, 1.82) is 0 Å². The second-order valence-electron chi connectivity index (χ2n) is 8.98. The lowest BCUT2D eigenvalue weighted by Crippen LogP contribution is -2.19. The van der Waals surface area contributed by atoms with Crippen LogP contribution in [0.15, 0.2) is 65.8 Å². The molecule has 0 nitrogen and oxygen atoms in total. The number of rotatable bonds is 5. The Hall–Kier alpha value is -2.36. The average Bonchev–Trinajstić information content (AvgIpc) is 2.80. The first kappa shape index (κ1) is 21.9. The Morgan fingerprint density at radius 3 is 2.26 bits per heavy atom. The third-order valence-electron chi connectivity index (χ3n) is 6.94. The van der Waals surface area contributed by atoms with Gasteiger partial charge in [-0.15, -0.1) is 0 Å². The molecule has 0 aromatic heterocycles. The van der Waals surface area contributed by atoms with Crippen molar-refractivity contribution < 1.29 is 17.6 Å². The molecule has 1 atom stereocenters. The van der Waals surface area contributed by atoms with Crippen LogP contribution in [0.25, 0.3) is 11.1 Å². The molecule has 0 N–H and O–H groups in total. The number of hydrogen-bond acceptors (Lipinski definition) is 0. The number of hydrogen-bond donors (Lipinski definition) is 0. The molecule has 4 heteroatoms. The van der Waals surface area contributed by atoms with Gasteiger partial charge < -0.3 is 0 Å². The predicted octanol–water partition coefficient (Wildman–Crippen LogP) is 8.49. The summed E-state index contributed by atoms with van der Waals surface area (Å²) in [6.07, 6.45) is 7.10. The number of aryl methyl sites for hydroxylation is 1. The summed E-state index contributed by atoms with van der Waals surface area (Å²) < 4.78 is 57.6. The highest BCUT2D eigenvalue weighted by Crippen LogP contribution is 2.42. The van der Waals surface area contributed by atoms with Crippen molar-refractivity contribution in [2.24, 2.45) is 17.8 Å². The van der Waals surface area contributed by atoms with Gasteiger partial charge in [0.15, 0.2) is 17.5 Å². The van der Waals surface area contributed by atoms with Gasteiger partial charge in [-0.25, -0.2) is 17.6 Å². The normalized spacial score (nSPS) is 24.3. The molecule has 1 unspecified atom stereocenters. The van der Waals surface area contributed by atoms with E-state index in [9.17, 15) is 17.6 Å². The van der Waals surface area contributed by atoms with Crippen LogP contribution in [-0.4, -0.2) is 0 Å². The van der Waals surface area contributed by atoms with E-state index < -0.39 is 23.3 Å². The van der Waals surface area contributed by atoms with Crippen molar-refractivity contribution in [3.05, 3.63) is 83.0 Å². The third-order valence-corrected chi connectivity index (χ3v) is 6.94. The van der Waals surface area contributed by atoms with Crippen molar-refractivity contribution in [3.8, 4) is 11.1 Å². The minimum atomic E-state index is -0.796. The van der Waals surface area contributed by atoms with Crippen molar-refractivity contribution in [1.82, 2.24) is 0 Å². The topological polar surface area (TPSA) is 0 Å². The number of allylic oxidation sites excluding steroid dienone is 4. The smallest absolute Gasteiger partial charge is 0.166 e. The third kappa shape index (κ3) is 4.63. The molecule has 0 bridgehead atoms. The zero-order valence-corrected chi connectivity index (χ0v) is 17.8. The Kier molecular flexibility index (Phi) is 6.64. The van der Waals surface area contributed by atoms with Crippen LogP contribution in [0.2, 0.25) is 0 Å². The van der Waals surface area contributed by atoms with Gasteiger partial charge in [0.2, 0.25) is 0 Å². The fraction of sp³-hybridized carbons (Fsp3) is 0.407. The Labute approximate surface area is 181 Å². The first-order valence-electron chi connectivity index (χ1n) is 11.2. The molecule has 0 aliphatic heterocycles. The van der Waals surface area contributed by atoms with Crippen molar-refractivity contribution in [2.75, 3.05) is 0 Å². The summed E-state index contributed by atoms with van der Waals surface area (Å²) in [6.45, 7) is 1.70. The molecule has 1 saturated carbocycles. The fourth-order valence-electron chi connectivity index (χ4n) is 4.94. The molecular weight excluding hydrogens is 400 g/mol. The molecule has 2 aliphatic carbocycles. The monoisotopic (exact) mass is 428 g/mol. The molecule has 164 valence electrons. The standard InChI is InChI=1S/C27H28F4/c1-17-7-15-22(26(30)24(17)28)20-11-8-18(9-12-20)10-13-21-14-16-23(27(31)25(21)29)19-5-3-2-4-6-19/h2-6,14-18,20H,7-13H2,1H3. The summed E-state index contributed by atoms with van der Waals surface area (Å²) in [6, 6.07) is 12.3. The number of halogens is 4. The Morgan fingerprint density at radius 2 is 1.55 bits per heavy atom. The maximum Gasteiger partial charge on any atom is 0.166 e. The summed E-state index contributed by atoms with van der Waals surface area (Å²) in [5.74, 6) is -2.74. The zero-order chi connectivity index (χ0) is 22.0. The maximum atomic E-state index is 14.7. The first-order chi connectivity index (χ1) is 15.0. The Balaban J connectivity index is 1.35. The Morgan fingerprint density at radius 1 is 0.839 bits per heavy atom. The van der Waals surface area contributed by atoms with Gasteiger partial charge >= 0.3 is 0 Å². The summed E-state index contributed by atoms with van der Waals surface area (Å²) in [5.41, 5.74) is 1.88. The lowest BCUT2D eigenvalue weighted by Gasteiger charge is -2.31. The van der Waals surface area contributed by atoms with Gasteiger partial charge in [-0.1, -0.05) is 55.5 Å². The average molecular weight is 429 g/mol. The summed E-state index contributed by atoms with van der Waals surface area (Å²) in [7, 11) is 0. The van der Waals surface area contributed by atoms with Crippen LogP contribution < -0.4 is 0 Å². The molecule has 1 fully saturated rings. The summed E-state index contributed by atoms with van der Waals surface area (Å²) in [5, 5.41) is 0. The highest BCUT2D eigenvalue weighted by Gasteiger charge is 2.30. The molecule has 0 amide bonds. The quantitative estimate of drug-likeness (QED) is 0.419. The van der Waals surface area contributed by atoms with E-state index in [0.29, 0.717) is 35.5 Å². The highest BCUT2D eigenvalue weighted by atomic mass is 19.2. The van der Waals surface area contributed by atoms with Crippen LogP contribution in [0.3, 0.4) is 0 Å².